The maximum atomic E-state index is 12.8. The zero-order chi connectivity index (χ0) is 22.1. The van der Waals surface area contributed by atoms with E-state index in [9.17, 15) is 9.59 Å². The van der Waals surface area contributed by atoms with Gasteiger partial charge in [0.25, 0.3) is 5.91 Å². The lowest BCUT2D eigenvalue weighted by Crippen LogP contribution is -2.36. The molecule has 5 rings (SSSR count). The number of amides is 2. The van der Waals surface area contributed by atoms with Gasteiger partial charge in [0.1, 0.15) is 11.6 Å². The van der Waals surface area contributed by atoms with Crippen LogP contribution in [0.5, 0.6) is 0 Å². The minimum absolute atomic E-state index is 0. The van der Waals surface area contributed by atoms with Gasteiger partial charge < -0.3 is 20.3 Å². The molecular formula is C22H24ClN7O3. The fourth-order valence-electron chi connectivity index (χ4n) is 3.95. The second-order valence-electron chi connectivity index (χ2n) is 7.67. The van der Waals surface area contributed by atoms with Gasteiger partial charge in [-0.1, -0.05) is 0 Å². The van der Waals surface area contributed by atoms with Crippen molar-refractivity contribution in [2.24, 2.45) is 4.99 Å². The smallest absolute Gasteiger partial charge is 0.281 e. The topological polar surface area (TPSA) is 114 Å². The van der Waals surface area contributed by atoms with Gasteiger partial charge in [-0.25, -0.2) is 9.97 Å². The van der Waals surface area contributed by atoms with Crippen LogP contribution in [0.25, 0.3) is 10.9 Å². The number of anilines is 3. The normalized spacial score (nSPS) is 15.5. The number of fused-ring (bicyclic) bond motifs is 3. The molecule has 11 heteroatoms. The molecule has 3 aromatic rings. The number of hydrogen-bond donors (Lipinski definition) is 2. The van der Waals surface area contributed by atoms with Gasteiger partial charge in [-0.2, -0.15) is 4.99 Å². The first-order valence-corrected chi connectivity index (χ1v) is 10.5. The van der Waals surface area contributed by atoms with Crippen molar-refractivity contribution in [3.8, 4) is 0 Å². The van der Waals surface area contributed by atoms with Crippen molar-refractivity contribution in [1.29, 1.82) is 0 Å². The first-order valence-electron chi connectivity index (χ1n) is 10.5. The summed E-state index contributed by atoms with van der Waals surface area (Å²) in [6.45, 7) is 5.90. The van der Waals surface area contributed by atoms with Crippen molar-refractivity contribution in [3.05, 3.63) is 47.7 Å². The van der Waals surface area contributed by atoms with Gasteiger partial charge in [-0.05, 0) is 30.3 Å². The predicted molar refractivity (Wildman–Crippen MR) is 127 cm³/mol. The Morgan fingerprint density at radius 1 is 1.15 bits per heavy atom. The minimum atomic E-state index is -0.440. The van der Waals surface area contributed by atoms with Crippen molar-refractivity contribution in [2.75, 3.05) is 48.4 Å². The first-order chi connectivity index (χ1) is 15.6. The molecule has 0 spiro atoms. The van der Waals surface area contributed by atoms with Crippen molar-refractivity contribution in [3.63, 3.8) is 0 Å². The quantitative estimate of drug-likeness (QED) is 0.601. The van der Waals surface area contributed by atoms with Gasteiger partial charge in [0, 0.05) is 50.4 Å². The number of nitrogens with one attached hydrogen (secondary N) is 2. The van der Waals surface area contributed by atoms with Crippen LogP contribution < -0.4 is 21.2 Å². The average molecular weight is 470 g/mol. The molecule has 0 radical (unpaired) electrons. The number of rotatable bonds is 3. The summed E-state index contributed by atoms with van der Waals surface area (Å²) in [5.74, 6) is 0.629. The highest BCUT2D eigenvalue weighted by Crippen LogP contribution is 2.27. The van der Waals surface area contributed by atoms with E-state index in [4.69, 9.17) is 9.72 Å². The summed E-state index contributed by atoms with van der Waals surface area (Å²) < 4.78 is 7.38. The van der Waals surface area contributed by atoms with E-state index in [1.807, 2.05) is 10.6 Å². The lowest BCUT2D eigenvalue weighted by atomic mass is 10.2. The van der Waals surface area contributed by atoms with Gasteiger partial charge in [0.05, 0.1) is 24.3 Å². The Kier molecular flexibility index (Phi) is 6.57. The third-order valence-electron chi connectivity index (χ3n) is 5.49. The first kappa shape index (κ1) is 22.7. The number of aromatic nitrogens is 3. The molecule has 2 aromatic heterocycles. The highest BCUT2D eigenvalue weighted by atomic mass is 35.5. The fraction of sp³-hybridized carbons (Fsp3) is 0.318. The molecule has 1 fully saturated rings. The summed E-state index contributed by atoms with van der Waals surface area (Å²) in [6, 6.07) is 9.36. The molecule has 4 heterocycles. The summed E-state index contributed by atoms with van der Waals surface area (Å²) in [4.78, 5) is 39.3. The number of benzene rings is 1. The summed E-state index contributed by atoms with van der Waals surface area (Å²) in [6.07, 6.45) is 1.40. The Hall–Kier alpha value is -3.50. The molecule has 0 unspecified atom stereocenters. The van der Waals surface area contributed by atoms with Crippen molar-refractivity contribution in [1.82, 2.24) is 14.5 Å². The molecule has 0 atom stereocenters. The molecule has 33 heavy (non-hydrogen) atoms. The molecule has 1 aromatic carbocycles. The van der Waals surface area contributed by atoms with Crippen molar-refractivity contribution in [2.45, 2.75) is 13.5 Å². The third kappa shape index (κ3) is 4.67. The minimum Gasteiger partial charge on any atom is -0.378 e. The van der Waals surface area contributed by atoms with Gasteiger partial charge in [-0.15, -0.1) is 12.4 Å². The lowest BCUT2D eigenvalue weighted by molar-refractivity contribution is -0.114. The second kappa shape index (κ2) is 9.55. The largest absolute Gasteiger partial charge is 0.378 e. The van der Waals surface area contributed by atoms with Gasteiger partial charge in [-0.3, -0.25) is 14.2 Å². The van der Waals surface area contributed by atoms with Crippen LogP contribution >= 0.6 is 12.4 Å². The van der Waals surface area contributed by atoms with Crippen LogP contribution in [0.2, 0.25) is 0 Å². The van der Waals surface area contributed by atoms with E-state index in [2.05, 4.69) is 37.6 Å². The van der Waals surface area contributed by atoms with Gasteiger partial charge in [0.15, 0.2) is 0 Å². The average Bonchev–Trinajstić information content (AvgIpc) is 3.30. The molecule has 2 N–H and O–H groups in total. The number of carbonyl (C=O) groups excluding carboxylic acids is 2. The zero-order valence-electron chi connectivity index (χ0n) is 18.1. The number of ether oxygens (including phenoxy) is 1. The Morgan fingerprint density at radius 2 is 1.97 bits per heavy atom. The van der Waals surface area contributed by atoms with E-state index < -0.39 is 5.91 Å². The molecule has 2 amide bonds. The summed E-state index contributed by atoms with van der Waals surface area (Å²) >= 11 is 0. The SMILES string of the molecule is CC(=O)Nc1ccc(C(=O)N=c2nc3cc(N4CCOCC4)ccc3c3n2CCN3)cn1.Cl. The van der Waals surface area contributed by atoms with E-state index in [0.29, 0.717) is 36.8 Å². The molecule has 2 aliphatic heterocycles. The monoisotopic (exact) mass is 469 g/mol. The summed E-state index contributed by atoms with van der Waals surface area (Å²) in [5, 5.41) is 6.96. The summed E-state index contributed by atoms with van der Waals surface area (Å²) in [5.41, 5.74) is 2.53. The molecule has 0 saturated carbocycles. The van der Waals surface area contributed by atoms with Crippen LogP contribution in [-0.4, -0.2) is 59.2 Å². The van der Waals surface area contributed by atoms with Crippen LogP contribution in [0.3, 0.4) is 0 Å². The van der Waals surface area contributed by atoms with Crippen LogP contribution in [0.1, 0.15) is 17.3 Å². The maximum Gasteiger partial charge on any atom is 0.281 e. The second-order valence-corrected chi connectivity index (χ2v) is 7.67. The lowest BCUT2D eigenvalue weighted by Gasteiger charge is -2.29. The summed E-state index contributed by atoms with van der Waals surface area (Å²) in [7, 11) is 0. The Labute approximate surface area is 196 Å². The highest BCUT2D eigenvalue weighted by Gasteiger charge is 2.18. The molecule has 2 aliphatic rings. The molecular weight excluding hydrogens is 446 g/mol. The molecule has 1 saturated heterocycles. The Balaban J connectivity index is 0.00000259. The Morgan fingerprint density at radius 3 is 2.70 bits per heavy atom. The third-order valence-corrected chi connectivity index (χ3v) is 5.49. The number of carbonyl (C=O) groups is 2. The predicted octanol–water partition coefficient (Wildman–Crippen LogP) is 1.81. The molecule has 0 bridgehead atoms. The number of pyridine rings is 1. The zero-order valence-corrected chi connectivity index (χ0v) is 18.9. The van der Waals surface area contributed by atoms with Crippen LogP contribution in [0, 0.1) is 0 Å². The van der Waals surface area contributed by atoms with E-state index >= 15 is 0 Å². The molecule has 172 valence electrons. The van der Waals surface area contributed by atoms with E-state index in [0.717, 1.165) is 42.0 Å². The van der Waals surface area contributed by atoms with E-state index in [-0.39, 0.29) is 18.3 Å². The fourth-order valence-corrected chi connectivity index (χ4v) is 3.95. The van der Waals surface area contributed by atoms with Crippen LogP contribution in [-0.2, 0) is 16.1 Å². The number of halogens is 1. The molecule has 10 nitrogen and oxygen atoms in total. The van der Waals surface area contributed by atoms with E-state index in [1.165, 1.54) is 13.1 Å². The van der Waals surface area contributed by atoms with E-state index in [1.54, 1.807) is 12.1 Å². The number of hydrogen-bond acceptors (Lipinski definition) is 7. The highest BCUT2D eigenvalue weighted by molar-refractivity contribution is 5.96. The van der Waals surface area contributed by atoms with Crippen molar-refractivity contribution >= 4 is 52.4 Å². The van der Waals surface area contributed by atoms with Gasteiger partial charge >= 0.3 is 0 Å². The van der Waals surface area contributed by atoms with Gasteiger partial charge in [0.2, 0.25) is 11.5 Å². The maximum absolute atomic E-state index is 12.8. The Bertz CT molecular complexity index is 1270. The standard InChI is InChI=1S/C22H23N7O3.ClH/c1-14(30)25-19-5-2-15(13-24-19)21(31)27-22-26-18-12-16(28-8-10-32-11-9-28)3-4-17(18)20-23-6-7-29(20)22;/h2-5,12-13,23H,6-11H2,1H3,(H,24,25,30);1H. The number of morpholine rings is 1. The van der Waals surface area contributed by atoms with Crippen LogP contribution in [0.15, 0.2) is 41.5 Å². The van der Waals surface area contributed by atoms with Crippen molar-refractivity contribution < 1.29 is 14.3 Å². The molecule has 0 aliphatic carbocycles. The number of nitrogens with zero attached hydrogens (tertiary/aromatic N) is 5. The van der Waals surface area contributed by atoms with Crippen LogP contribution in [0.4, 0.5) is 17.3 Å².